The molecule has 58 heavy (non-hydrogen) atoms. The van der Waals surface area contributed by atoms with Gasteiger partial charge in [0.1, 0.15) is 29.1 Å². The van der Waals surface area contributed by atoms with E-state index in [0.29, 0.717) is 28.7 Å². The first-order chi connectivity index (χ1) is 28.0. The lowest BCUT2D eigenvalue weighted by atomic mass is 9.70. The second-order valence-corrected chi connectivity index (χ2v) is 16.4. The minimum absolute atomic E-state index is 0.178. The van der Waals surface area contributed by atoms with Gasteiger partial charge in [0.15, 0.2) is 11.2 Å². The molecule has 1 aliphatic carbocycles. The van der Waals surface area contributed by atoms with Gasteiger partial charge in [-0.15, -0.1) is 6.58 Å². The predicted octanol–water partition coefficient (Wildman–Crippen LogP) is 6.97. The van der Waals surface area contributed by atoms with Crippen LogP contribution in [0.2, 0.25) is 0 Å². The van der Waals surface area contributed by atoms with Gasteiger partial charge in [-0.25, -0.2) is 0 Å². The summed E-state index contributed by atoms with van der Waals surface area (Å²) < 4.78 is 23.7. The molecule has 12 heteroatoms. The number of piperidine rings is 3. The van der Waals surface area contributed by atoms with Crippen LogP contribution in [0.1, 0.15) is 47.1 Å². The quantitative estimate of drug-likeness (QED) is 0.114. The van der Waals surface area contributed by atoms with Gasteiger partial charge in [-0.1, -0.05) is 64.5 Å². The lowest BCUT2D eigenvalue weighted by Crippen LogP contribution is -2.54. The van der Waals surface area contributed by atoms with Crippen LogP contribution in [0.3, 0.4) is 0 Å². The third-order valence-corrected chi connectivity index (χ3v) is 13.3. The average molecular weight is 852 g/mol. The molecule has 10 rings (SSSR count). The number of fused-ring (bicyclic) bond motifs is 7. The molecule has 10 atom stereocenters. The maximum atomic E-state index is 12.6. The van der Waals surface area contributed by atoms with Crippen molar-refractivity contribution in [2.75, 3.05) is 34.4 Å². The second-order valence-electron chi connectivity index (χ2n) is 15.5. The summed E-state index contributed by atoms with van der Waals surface area (Å²) in [5, 5.41) is 46.5. The summed E-state index contributed by atoms with van der Waals surface area (Å²) in [6.45, 7) is 6.07. The van der Waals surface area contributed by atoms with Crippen molar-refractivity contribution >= 4 is 32.8 Å². The predicted molar refractivity (Wildman–Crippen MR) is 221 cm³/mol. The molecule has 0 amide bonds. The van der Waals surface area contributed by atoms with Crippen LogP contribution in [-0.2, 0) is 16.0 Å². The molecular formula is C46H47BrN2O9. The van der Waals surface area contributed by atoms with Crippen LogP contribution in [0, 0.1) is 17.8 Å². The number of carboxylic acid groups (broad SMARTS) is 1. The number of carboxylic acids is 1. The van der Waals surface area contributed by atoms with Gasteiger partial charge in [0.2, 0.25) is 0 Å². The first kappa shape index (κ1) is 39.8. The minimum Gasteiger partial charge on any atom is -0.497 e. The Hall–Kier alpha value is -4.98. The number of aliphatic carboxylic acids is 1. The zero-order valence-corrected chi connectivity index (χ0v) is 34.1. The largest absolute Gasteiger partial charge is 0.497 e. The monoisotopic (exact) mass is 850 g/mol. The van der Waals surface area contributed by atoms with E-state index in [1.165, 1.54) is 20.6 Å². The molecule has 4 aromatic carbocycles. The van der Waals surface area contributed by atoms with Crippen LogP contribution < -0.4 is 18.9 Å². The lowest BCUT2D eigenvalue weighted by molar-refractivity contribution is -0.159. The molecule has 4 N–H and O–H groups in total. The number of methoxy groups -OCH3 is 3. The molecule has 1 aromatic heterocycles. The highest BCUT2D eigenvalue weighted by molar-refractivity contribution is 9.10. The summed E-state index contributed by atoms with van der Waals surface area (Å²) in [6, 6.07) is 27.2. The smallest absolute Gasteiger partial charge is 0.310 e. The summed E-state index contributed by atoms with van der Waals surface area (Å²) in [5.41, 5.74) is -0.634. The van der Waals surface area contributed by atoms with Gasteiger partial charge in [0, 0.05) is 46.7 Å². The van der Waals surface area contributed by atoms with Gasteiger partial charge < -0.3 is 39.4 Å². The van der Waals surface area contributed by atoms with Crippen molar-refractivity contribution in [3.05, 3.63) is 137 Å². The van der Waals surface area contributed by atoms with Crippen LogP contribution in [-0.4, -0.2) is 82.8 Å². The van der Waals surface area contributed by atoms with Crippen LogP contribution in [0.5, 0.6) is 23.0 Å². The molecule has 0 radical (unpaired) electrons. The van der Waals surface area contributed by atoms with Crippen molar-refractivity contribution in [2.24, 2.45) is 17.8 Å². The number of halogens is 1. The van der Waals surface area contributed by atoms with E-state index < -0.39 is 41.2 Å². The number of hydrogen-bond donors (Lipinski definition) is 4. The Balaban J connectivity index is 0.000000172. The highest BCUT2D eigenvalue weighted by atomic mass is 79.9. The number of aliphatic hydroxyl groups is 3. The molecule has 3 saturated heterocycles. The van der Waals surface area contributed by atoms with E-state index in [2.05, 4.69) is 38.5 Å². The first-order valence-electron chi connectivity index (χ1n) is 19.4. The van der Waals surface area contributed by atoms with Crippen molar-refractivity contribution in [2.45, 2.75) is 48.2 Å². The van der Waals surface area contributed by atoms with E-state index in [1.54, 1.807) is 74.0 Å². The molecule has 0 spiro atoms. The summed E-state index contributed by atoms with van der Waals surface area (Å²) in [4.78, 5) is 19.4. The number of pyridine rings is 1. The summed E-state index contributed by atoms with van der Waals surface area (Å²) in [7, 11) is 4.59. The molecule has 1 saturated carbocycles. The van der Waals surface area contributed by atoms with Crippen molar-refractivity contribution < 1.29 is 44.2 Å². The molecule has 11 nitrogen and oxygen atoms in total. The topological polar surface area (TPSA) is 151 Å². The van der Waals surface area contributed by atoms with Crippen LogP contribution in [0.25, 0.3) is 10.9 Å². The maximum Gasteiger partial charge on any atom is 0.310 e. The maximum absolute atomic E-state index is 12.6. The van der Waals surface area contributed by atoms with E-state index in [1.807, 2.05) is 30.3 Å². The Bertz CT molecular complexity index is 2330. The summed E-state index contributed by atoms with van der Waals surface area (Å²) in [5.74, 6) is -0.610. The van der Waals surface area contributed by atoms with E-state index >= 15 is 0 Å². The highest BCUT2D eigenvalue weighted by Crippen LogP contribution is 2.70. The molecule has 5 heterocycles. The van der Waals surface area contributed by atoms with E-state index in [0.717, 1.165) is 46.2 Å². The number of rotatable bonds is 9. The third kappa shape index (κ3) is 6.24. The van der Waals surface area contributed by atoms with Gasteiger partial charge in [0.25, 0.3) is 0 Å². The van der Waals surface area contributed by atoms with E-state index in [-0.39, 0.29) is 23.1 Å². The molecule has 302 valence electrons. The number of carbonyl (C=O) groups is 1. The molecule has 4 aliphatic heterocycles. The third-order valence-electron chi connectivity index (χ3n) is 12.8. The van der Waals surface area contributed by atoms with Gasteiger partial charge in [-0.2, -0.15) is 0 Å². The summed E-state index contributed by atoms with van der Waals surface area (Å²) >= 11 is 3.43. The van der Waals surface area contributed by atoms with Crippen molar-refractivity contribution in [1.29, 1.82) is 0 Å². The Kier molecular flexibility index (Phi) is 10.7. The van der Waals surface area contributed by atoms with Gasteiger partial charge in [0.05, 0.1) is 44.4 Å². The van der Waals surface area contributed by atoms with Gasteiger partial charge >= 0.3 is 5.97 Å². The molecule has 5 aliphatic rings. The molecule has 2 bridgehead atoms. The number of aromatic nitrogens is 1. The SMILES string of the molecule is C=C[C@H]1CN2CC[C@H]1C[C@H]2[C@@H](O)c1ccnc2ccc(OC)cc12.COc1cc(OC)c2c(c1)O[C@]1(c3ccc(Br)cc3)[C@@H](c3ccccc3)[C@H](C(=O)O)[C@H](O)[C@]21O. The number of hydrogen-bond acceptors (Lipinski definition) is 10. The zero-order chi connectivity index (χ0) is 40.9. The lowest BCUT2D eigenvalue weighted by Gasteiger charge is -2.50. The second kappa shape index (κ2) is 15.6. The number of aliphatic hydroxyl groups excluding tert-OH is 2. The standard InChI is InChI=1S/C26H23BrO7.C20H24N2O2/c1-32-17-12-18(33-2)22-19(13-17)34-26(15-8-10-16(27)11-9-15)21(14-6-4-3-5-7-14)20(24(29)30)23(28)25(22,26)31;1-3-13-12-22-9-7-14(13)10-19(22)20(23)16-6-8-21-18-5-4-15(24-2)11-17(16)18/h3-13,20-21,23,28,31H,1-2H3,(H,29,30);3-6,8,11,13-14,19-20,23H,1,7,9-10,12H2,2H3/t20-,21-,23-,25+,26+;13-,14-,19-,20-/m00/s1. The number of nitrogens with zero attached hydrogens (tertiary/aromatic N) is 2. The zero-order valence-electron chi connectivity index (χ0n) is 32.5. The highest BCUT2D eigenvalue weighted by Gasteiger charge is 2.78. The fourth-order valence-electron chi connectivity index (χ4n) is 10.1. The fourth-order valence-corrected chi connectivity index (χ4v) is 10.3. The van der Waals surface area contributed by atoms with Crippen molar-refractivity contribution in [3.63, 3.8) is 0 Å². The van der Waals surface area contributed by atoms with E-state index in [9.17, 15) is 25.2 Å². The van der Waals surface area contributed by atoms with Crippen molar-refractivity contribution in [1.82, 2.24) is 9.88 Å². The van der Waals surface area contributed by atoms with Crippen molar-refractivity contribution in [3.8, 4) is 23.0 Å². The van der Waals surface area contributed by atoms with Gasteiger partial charge in [-0.3, -0.25) is 14.7 Å². The summed E-state index contributed by atoms with van der Waals surface area (Å²) in [6.07, 6.45) is 3.91. The minimum atomic E-state index is -2.14. The fraction of sp³-hybridized carbons (Fsp3) is 0.348. The first-order valence-corrected chi connectivity index (χ1v) is 20.2. The normalized spacial score (nSPS) is 29.6. The van der Waals surface area contributed by atoms with Gasteiger partial charge in [-0.05, 0) is 84.3 Å². The average Bonchev–Trinajstić information content (AvgIpc) is 3.64. The number of ether oxygens (including phenoxy) is 4. The Labute approximate surface area is 345 Å². The molecular weight excluding hydrogens is 804 g/mol. The van der Waals surface area contributed by atoms with Crippen LogP contribution in [0.4, 0.5) is 0 Å². The molecule has 4 fully saturated rings. The molecule has 1 unspecified atom stereocenters. The van der Waals surface area contributed by atoms with E-state index in [4.69, 9.17) is 18.9 Å². The Morgan fingerprint density at radius 2 is 1.74 bits per heavy atom. The van der Waals surface area contributed by atoms with Crippen LogP contribution >= 0.6 is 15.9 Å². The number of benzene rings is 4. The Morgan fingerprint density at radius 1 is 1.00 bits per heavy atom. The van der Waals surface area contributed by atoms with Crippen LogP contribution in [0.15, 0.2) is 114 Å². The Morgan fingerprint density at radius 3 is 2.38 bits per heavy atom. The molecule has 5 aromatic rings.